The van der Waals surface area contributed by atoms with E-state index in [1.54, 1.807) is 0 Å². The van der Waals surface area contributed by atoms with Gasteiger partial charge in [-0.3, -0.25) is 9.69 Å². The third kappa shape index (κ3) is 4.29. The first-order valence-electron chi connectivity index (χ1n) is 8.27. The summed E-state index contributed by atoms with van der Waals surface area (Å²) in [5.41, 5.74) is 2.98. The quantitative estimate of drug-likeness (QED) is 0.788. The molecule has 0 unspecified atom stereocenters. The molecule has 6 nitrogen and oxygen atoms in total. The Hall–Kier alpha value is -2.67. The molecule has 1 heterocycles. The van der Waals surface area contributed by atoms with Crippen LogP contribution in [0.3, 0.4) is 0 Å². The predicted molar refractivity (Wildman–Crippen MR) is 99.1 cm³/mol. The zero-order chi connectivity index (χ0) is 18.7. The molecule has 2 aromatic carbocycles. The highest BCUT2D eigenvalue weighted by atomic mass is 32.2. The fourth-order valence-corrected chi connectivity index (χ4v) is 3.53. The third-order valence-electron chi connectivity index (χ3n) is 4.29. The van der Waals surface area contributed by atoms with Crippen LogP contribution in [0.1, 0.15) is 12.0 Å². The molecule has 1 aliphatic heterocycles. The topological polar surface area (TPSA) is 83.6 Å². The zero-order valence-corrected chi connectivity index (χ0v) is 15.2. The van der Waals surface area contributed by atoms with Gasteiger partial charge in [0.1, 0.15) is 15.9 Å². The predicted octanol–water partition coefficient (Wildman–Crippen LogP) is 2.21. The molecule has 2 aromatic rings. The summed E-state index contributed by atoms with van der Waals surface area (Å²) in [6, 6.07) is 16.3. The smallest absolute Gasteiger partial charge is 0.325 e. The molecule has 0 aliphatic carbocycles. The van der Waals surface area contributed by atoms with Crippen molar-refractivity contribution in [2.75, 3.05) is 12.0 Å². The minimum absolute atomic E-state index is 0.0901. The van der Waals surface area contributed by atoms with Crippen molar-refractivity contribution in [1.29, 1.82) is 0 Å². The minimum Gasteiger partial charge on any atom is -0.326 e. The van der Waals surface area contributed by atoms with E-state index in [-0.39, 0.29) is 24.6 Å². The van der Waals surface area contributed by atoms with Crippen molar-refractivity contribution >= 4 is 21.8 Å². The number of benzene rings is 2. The van der Waals surface area contributed by atoms with Crippen molar-refractivity contribution in [3.8, 4) is 11.1 Å². The van der Waals surface area contributed by atoms with Crippen LogP contribution in [0.2, 0.25) is 0 Å². The lowest BCUT2D eigenvalue weighted by Gasteiger charge is -2.13. The summed E-state index contributed by atoms with van der Waals surface area (Å²) in [5.74, 6) is -0.519. The van der Waals surface area contributed by atoms with Gasteiger partial charge in [0.15, 0.2) is 0 Å². The number of nitrogens with one attached hydrogen (secondary N) is 1. The van der Waals surface area contributed by atoms with Crippen molar-refractivity contribution in [2.45, 2.75) is 19.0 Å². The number of urea groups is 1. The molecule has 26 heavy (non-hydrogen) atoms. The SMILES string of the molecule is CS(=O)(=O)CC[C@H]1NC(=O)N(Cc2ccc(-c3ccccc3)cc2)C1=O. The van der Waals surface area contributed by atoms with E-state index in [0.29, 0.717) is 0 Å². The fourth-order valence-electron chi connectivity index (χ4n) is 2.87. The number of carbonyl (C=O) groups is 2. The van der Waals surface area contributed by atoms with Crippen LogP contribution in [0.25, 0.3) is 11.1 Å². The highest BCUT2D eigenvalue weighted by Gasteiger charge is 2.37. The second kappa shape index (κ2) is 7.29. The summed E-state index contributed by atoms with van der Waals surface area (Å²) < 4.78 is 22.5. The van der Waals surface area contributed by atoms with E-state index < -0.39 is 21.9 Å². The number of hydrogen-bond donors (Lipinski definition) is 1. The number of sulfone groups is 1. The van der Waals surface area contributed by atoms with Gasteiger partial charge in [-0.15, -0.1) is 0 Å². The standard InChI is InChI=1S/C19H20N2O4S/c1-26(24,25)12-11-17-18(22)21(19(23)20-17)13-14-7-9-16(10-8-14)15-5-3-2-4-6-15/h2-10,17H,11-13H2,1H3,(H,20,23)/t17-/m1/s1. The van der Waals surface area contributed by atoms with Crippen molar-refractivity contribution < 1.29 is 18.0 Å². The van der Waals surface area contributed by atoms with Crippen LogP contribution in [0.4, 0.5) is 4.79 Å². The molecule has 1 atom stereocenters. The molecule has 0 radical (unpaired) electrons. The van der Waals surface area contributed by atoms with E-state index in [0.717, 1.165) is 27.8 Å². The molecule has 7 heteroatoms. The van der Waals surface area contributed by atoms with Crippen molar-refractivity contribution in [1.82, 2.24) is 10.2 Å². The lowest BCUT2D eigenvalue weighted by atomic mass is 10.0. The first kappa shape index (κ1) is 18.1. The molecule has 0 aromatic heterocycles. The Kier molecular flexibility index (Phi) is 5.08. The summed E-state index contributed by atoms with van der Waals surface area (Å²) in [7, 11) is -3.18. The van der Waals surface area contributed by atoms with E-state index in [1.807, 2.05) is 54.6 Å². The van der Waals surface area contributed by atoms with Gasteiger partial charge >= 0.3 is 6.03 Å². The van der Waals surface area contributed by atoms with Gasteiger partial charge in [-0.05, 0) is 23.1 Å². The van der Waals surface area contributed by atoms with E-state index >= 15 is 0 Å². The van der Waals surface area contributed by atoms with Crippen molar-refractivity contribution in [3.05, 3.63) is 60.2 Å². The molecule has 0 saturated carbocycles. The number of hydrogen-bond acceptors (Lipinski definition) is 4. The van der Waals surface area contributed by atoms with Crippen LogP contribution in [0, 0.1) is 0 Å². The summed E-state index contributed by atoms with van der Waals surface area (Å²) in [5, 5.41) is 2.56. The summed E-state index contributed by atoms with van der Waals surface area (Å²) in [6.45, 7) is 0.162. The molecule has 0 bridgehead atoms. The van der Waals surface area contributed by atoms with Gasteiger partial charge in [0, 0.05) is 6.26 Å². The molecular formula is C19H20N2O4S. The van der Waals surface area contributed by atoms with E-state index in [9.17, 15) is 18.0 Å². The molecule has 136 valence electrons. The summed E-state index contributed by atoms with van der Waals surface area (Å²) in [4.78, 5) is 25.6. The van der Waals surface area contributed by atoms with Gasteiger partial charge in [0.2, 0.25) is 0 Å². The van der Waals surface area contributed by atoms with Gasteiger partial charge in [0.25, 0.3) is 5.91 Å². The Labute approximate surface area is 152 Å². The third-order valence-corrected chi connectivity index (χ3v) is 5.26. The molecular weight excluding hydrogens is 352 g/mol. The highest BCUT2D eigenvalue weighted by molar-refractivity contribution is 7.90. The average Bonchev–Trinajstić information content (AvgIpc) is 2.88. The van der Waals surface area contributed by atoms with Crippen LogP contribution >= 0.6 is 0 Å². The largest absolute Gasteiger partial charge is 0.326 e. The Morgan fingerprint density at radius 2 is 1.58 bits per heavy atom. The second-order valence-electron chi connectivity index (χ2n) is 6.41. The molecule has 1 N–H and O–H groups in total. The van der Waals surface area contributed by atoms with Crippen LogP contribution in [0.15, 0.2) is 54.6 Å². The maximum absolute atomic E-state index is 12.4. The lowest BCUT2D eigenvalue weighted by Crippen LogP contribution is -2.32. The van der Waals surface area contributed by atoms with Gasteiger partial charge in [-0.2, -0.15) is 0 Å². The Balaban J connectivity index is 1.67. The maximum atomic E-state index is 12.4. The van der Waals surface area contributed by atoms with E-state index in [1.165, 1.54) is 0 Å². The monoisotopic (exact) mass is 372 g/mol. The van der Waals surface area contributed by atoms with Gasteiger partial charge < -0.3 is 5.32 Å². The molecule has 1 aliphatic rings. The fraction of sp³-hybridized carbons (Fsp3) is 0.263. The van der Waals surface area contributed by atoms with E-state index in [2.05, 4.69) is 5.32 Å². The number of amides is 3. The molecule has 1 fully saturated rings. The van der Waals surface area contributed by atoms with Crippen LogP contribution in [0.5, 0.6) is 0 Å². The van der Waals surface area contributed by atoms with Crippen LogP contribution < -0.4 is 5.32 Å². The van der Waals surface area contributed by atoms with Gasteiger partial charge in [-0.25, -0.2) is 13.2 Å². The zero-order valence-electron chi connectivity index (χ0n) is 14.4. The average molecular weight is 372 g/mol. The number of rotatable bonds is 6. The van der Waals surface area contributed by atoms with E-state index in [4.69, 9.17) is 0 Å². The first-order valence-corrected chi connectivity index (χ1v) is 10.3. The Morgan fingerprint density at radius 1 is 0.962 bits per heavy atom. The molecule has 3 rings (SSSR count). The number of nitrogens with zero attached hydrogens (tertiary/aromatic N) is 1. The normalized spacial score (nSPS) is 17.4. The molecule has 0 spiro atoms. The van der Waals surface area contributed by atoms with Crippen LogP contribution in [-0.4, -0.2) is 43.3 Å². The van der Waals surface area contributed by atoms with Crippen LogP contribution in [-0.2, 0) is 21.2 Å². The highest BCUT2D eigenvalue weighted by Crippen LogP contribution is 2.21. The molecule has 1 saturated heterocycles. The van der Waals surface area contributed by atoms with Crippen molar-refractivity contribution in [2.24, 2.45) is 0 Å². The Morgan fingerprint density at radius 3 is 2.19 bits per heavy atom. The second-order valence-corrected chi connectivity index (χ2v) is 8.67. The minimum atomic E-state index is -3.18. The lowest BCUT2D eigenvalue weighted by molar-refractivity contribution is -0.127. The first-order chi connectivity index (χ1) is 12.3. The Bertz CT molecular complexity index is 908. The number of imide groups is 1. The molecule has 3 amide bonds. The van der Waals surface area contributed by atoms with Crippen molar-refractivity contribution in [3.63, 3.8) is 0 Å². The summed E-state index contributed by atoms with van der Waals surface area (Å²) >= 11 is 0. The number of carbonyl (C=O) groups excluding carboxylic acids is 2. The van der Waals surface area contributed by atoms with Gasteiger partial charge in [-0.1, -0.05) is 54.6 Å². The maximum Gasteiger partial charge on any atom is 0.325 e. The summed E-state index contributed by atoms with van der Waals surface area (Å²) in [6.07, 6.45) is 1.20. The van der Waals surface area contributed by atoms with Gasteiger partial charge in [0.05, 0.1) is 12.3 Å².